The summed E-state index contributed by atoms with van der Waals surface area (Å²) >= 11 is 6.40. The van der Waals surface area contributed by atoms with Crippen LogP contribution in [-0.2, 0) is 14.6 Å². The van der Waals surface area contributed by atoms with Crippen molar-refractivity contribution in [3.63, 3.8) is 0 Å². The Morgan fingerprint density at radius 2 is 1.97 bits per heavy atom. The minimum atomic E-state index is -3.13. The van der Waals surface area contributed by atoms with Gasteiger partial charge in [-0.25, -0.2) is 8.42 Å². The molecule has 1 aromatic heterocycles. The van der Waals surface area contributed by atoms with Crippen LogP contribution in [0.3, 0.4) is 0 Å². The van der Waals surface area contributed by atoms with Crippen LogP contribution in [-0.4, -0.2) is 46.0 Å². The molecule has 1 unspecified atom stereocenters. The molecule has 1 atom stereocenters. The fourth-order valence-corrected chi connectivity index (χ4v) is 6.32. The van der Waals surface area contributed by atoms with Crippen LogP contribution < -0.4 is 0 Å². The lowest BCUT2D eigenvalue weighted by Gasteiger charge is -2.20. The van der Waals surface area contributed by atoms with Crippen molar-refractivity contribution in [3.05, 3.63) is 57.2 Å². The van der Waals surface area contributed by atoms with Gasteiger partial charge in [-0.3, -0.25) is 19.8 Å². The zero-order valence-corrected chi connectivity index (χ0v) is 17.3. The lowest BCUT2D eigenvalue weighted by molar-refractivity contribution is -0.384. The van der Waals surface area contributed by atoms with Crippen molar-refractivity contribution in [2.75, 3.05) is 11.5 Å². The van der Waals surface area contributed by atoms with Crippen molar-refractivity contribution in [1.29, 1.82) is 0 Å². The van der Waals surface area contributed by atoms with Crippen molar-refractivity contribution in [1.82, 2.24) is 4.90 Å². The van der Waals surface area contributed by atoms with Crippen LogP contribution in [0.4, 0.5) is 5.69 Å². The van der Waals surface area contributed by atoms with Crippen LogP contribution in [0.1, 0.15) is 12.2 Å². The molecule has 29 heavy (non-hydrogen) atoms. The SMILES string of the molecule is O=C1C(=Cc2ccc(-c3ccc([N+](=O)[O-])cc3)o2)SC(=S)N1C1CCS(=O)(=O)C1. The normalized spacial score (nSPS) is 22.6. The van der Waals surface area contributed by atoms with E-state index in [4.69, 9.17) is 16.6 Å². The molecule has 0 aliphatic carbocycles. The van der Waals surface area contributed by atoms with Gasteiger partial charge in [0.2, 0.25) is 0 Å². The van der Waals surface area contributed by atoms with Crippen molar-refractivity contribution >= 4 is 55.8 Å². The predicted octanol–water partition coefficient (Wildman–Crippen LogP) is 3.24. The highest BCUT2D eigenvalue weighted by molar-refractivity contribution is 8.26. The number of nitrogens with zero attached hydrogens (tertiary/aromatic N) is 2. The fourth-order valence-electron chi connectivity index (χ4n) is 3.24. The summed E-state index contributed by atoms with van der Waals surface area (Å²) in [5.74, 6) is 0.597. The number of hydrogen-bond acceptors (Lipinski definition) is 8. The van der Waals surface area contributed by atoms with E-state index in [1.807, 2.05) is 0 Å². The van der Waals surface area contributed by atoms with Crippen LogP contribution in [0.15, 0.2) is 45.7 Å². The average Bonchev–Trinajstić information content (AvgIpc) is 3.34. The topological polar surface area (TPSA) is 111 Å². The molecule has 0 radical (unpaired) electrons. The van der Waals surface area contributed by atoms with E-state index in [9.17, 15) is 23.3 Å². The molecule has 2 aliphatic heterocycles. The number of nitro benzene ring substituents is 1. The minimum Gasteiger partial charge on any atom is -0.457 e. The molecule has 2 fully saturated rings. The summed E-state index contributed by atoms with van der Waals surface area (Å²) in [5, 5.41) is 10.8. The first-order chi connectivity index (χ1) is 13.7. The summed E-state index contributed by atoms with van der Waals surface area (Å²) in [6.07, 6.45) is 1.95. The number of sulfone groups is 1. The molecule has 0 bridgehead atoms. The zero-order chi connectivity index (χ0) is 20.8. The molecule has 8 nitrogen and oxygen atoms in total. The van der Waals surface area contributed by atoms with E-state index in [-0.39, 0.29) is 23.1 Å². The quantitative estimate of drug-likeness (QED) is 0.302. The summed E-state index contributed by atoms with van der Waals surface area (Å²) in [5.41, 5.74) is 0.650. The van der Waals surface area contributed by atoms with E-state index in [1.165, 1.54) is 17.0 Å². The Bertz CT molecular complexity index is 1150. The number of non-ortho nitro benzene ring substituents is 1. The van der Waals surface area contributed by atoms with Crippen LogP contribution >= 0.6 is 24.0 Å². The third-order valence-electron chi connectivity index (χ3n) is 4.66. The second-order valence-electron chi connectivity index (χ2n) is 6.61. The maximum Gasteiger partial charge on any atom is 0.269 e. The molecule has 0 N–H and O–H groups in total. The molecular weight excluding hydrogens is 436 g/mol. The smallest absolute Gasteiger partial charge is 0.269 e. The van der Waals surface area contributed by atoms with Crippen molar-refractivity contribution in [3.8, 4) is 11.3 Å². The Balaban J connectivity index is 1.54. The minimum absolute atomic E-state index is 0.0156. The number of furan rings is 1. The second-order valence-corrected chi connectivity index (χ2v) is 10.5. The largest absolute Gasteiger partial charge is 0.457 e. The Hall–Kier alpha value is -2.50. The zero-order valence-electron chi connectivity index (χ0n) is 14.8. The summed E-state index contributed by atoms with van der Waals surface area (Å²) in [6, 6.07) is 8.91. The number of carbonyl (C=O) groups excluding carboxylic acids is 1. The molecule has 0 spiro atoms. The lowest BCUT2D eigenvalue weighted by Crippen LogP contribution is -2.39. The molecule has 150 valence electrons. The van der Waals surface area contributed by atoms with Gasteiger partial charge in [-0.15, -0.1) is 0 Å². The Morgan fingerprint density at radius 3 is 2.59 bits per heavy atom. The number of thioether (sulfide) groups is 1. The second kappa shape index (κ2) is 7.39. The highest BCUT2D eigenvalue weighted by Gasteiger charge is 2.42. The van der Waals surface area contributed by atoms with Gasteiger partial charge >= 0.3 is 0 Å². The summed E-state index contributed by atoms with van der Waals surface area (Å²) in [6.45, 7) is 0. The number of amides is 1. The molecule has 2 aromatic rings. The number of nitro groups is 1. The van der Waals surface area contributed by atoms with E-state index in [0.29, 0.717) is 32.7 Å². The van der Waals surface area contributed by atoms with Crippen molar-refractivity contribution < 1.29 is 22.6 Å². The van der Waals surface area contributed by atoms with E-state index in [2.05, 4.69) is 0 Å². The molecule has 3 heterocycles. The van der Waals surface area contributed by atoms with Gasteiger partial charge in [0.1, 0.15) is 15.8 Å². The summed E-state index contributed by atoms with van der Waals surface area (Å²) in [7, 11) is -3.13. The molecule has 4 rings (SSSR count). The molecule has 2 aliphatic rings. The first-order valence-corrected chi connectivity index (χ1v) is 11.6. The number of rotatable bonds is 4. The number of thiocarbonyl (C=S) groups is 1. The van der Waals surface area contributed by atoms with E-state index < -0.39 is 20.8 Å². The standard InChI is InChI=1S/C18H14N2O6S3/c21-17-16(28-18(27)19(17)13-7-8-29(24,25)10-13)9-14-5-6-15(26-14)11-1-3-12(4-2-11)20(22)23/h1-6,9,13H,7-8,10H2. The fraction of sp³-hybridized carbons (Fsp3) is 0.222. The van der Waals surface area contributed by atoms with Crippen LogP contribution in [0.5, 0.6) is 0 Å². The summed E-state index contributed by atoms with van der Waals surface area (Å²) < 4.78 is 29.5. The monoisotopic (exact) mass is 450 g/mol. The molecule has 0 saturated carbocycles. The van der Waals surface area contributed by atoms with Gasteiger partial charge in [-0.2, -0.15) is 0 Å². The number of hydrogen-bond donors (Lipinski definition) is 0. The third kappa shape index (κ3) is 3.98. The Labute approximate surface area is 175 Å². The van der Waals surface area contributed by atoms with Gasteiger partial charge in [0, 0.05) is 23.8 Å². The molecular formula is C18H14N2O6S3. The van der Waals surface area contributed by atoms with Gasteiger partial charge in [0.05, 0.1) is 27.4 Å². The summed E-state index contributed by atoms with van der Waals surface area (Å²) in [4.78, 5) is 24.8. The van der Waals surface area contributed by atoms with Crippen LogP contribution in [0.25, 0.3) is 17.4 Å². The molecule has 2 saturated heterocycles. The first-order valence-electron chi connectivity index (χ1n) is 8.56. The lowest BCUT2D eigenvalue weighted by atomic mass is 10.1. The highest BCUT2D eigenvalue weighted by atomic mass is 32.2. The van der Waals surface area contributed by atoms with Gasteiger partial charge in [-0.1, -0.05) is 24.0 Å². The maximum absolute atomic E-state index is 12.7. The van der Waals surface area contributed by atoms with Gasteiger partial charge < -0.3 is 4.42 Å². The van der Waals surface area contributed by atoms with Crippen molar-refractivity contribution in [2.45, 2.75) is 12.5 Å². The van der Waals surface area contributed by atoms with Gasteiger partial charge in [0.15, 0.2) is 9.84 Å². The van der Waals surface area contributed by atoms with Gasteiger partial charge in [-0.05, 0) is 30.7 Å². The number of carbonyl (C=O) groups is 1. The maximum atomic E-state index is 12.7. The van der Waals surface area contributed by atoms with E-state index >= 15 is 0 Å². The predicted molar refractivity (Wildman–Crippen MR) is 113 cm³/mol. The molecule has 1 aromatic carbocycles. The Kier molecular flexibility index (Phi) is 5.05. The average molecular weight is 451 g/mol. The van der Waals surface area contributed by atoms with Crippen LogP contribution in [0.2, 0.25) is 0 Å². The van der Waals surface area contributed by atoms with Crippen molar-refractivity contribution in [2.24, 2.45) is 0 Å². The number of benzene rings is 1. The first kappa shape index (κ1) is 19.8. The van der Waals surface area contributed by atoms with E-state index in [0.717, 1.165) is 11.8 Å². The Morgan fingerprint density at radius 1 is 1.24 bits per heavy atom. The molecule has 1 amide bonds. The van der Waals surface area contributed by atoms with Gasteiger partial charge in [0.25, 0.3) is 11.6 Å². The van der Waals surface area contributed by atoms with Crippen LogP contribution in [0, 0.1) is 10.1 Å². The third-order valence-corrected chi connectivity index (χ3v) is 7.74. The van der Waals surface area contributed by atoms with E-state index in [1.54, 1.807) is 30.3 Å². The highest BCUT2D eigenvalue weighted by Crippen LogP contribution is 2.37. The molecule has 11 heteroatoms.